The van der Waals surface area contributed by atoms with E-state index in [1.54, 1.807) is 18.2 Å². The van der Waals surface area contributed by atoms with Crippen molar-refractivity contribution >= 4 is 58.8 Å². The topological polar surface area (TPSA) is 207 Å². The second-order valence-electron chi connectivity index (χ2n) is 15.7. The van der Waals surface area contributed by atoms with Crippen molar-refractivity contribution in [2.24, 2.45) is 5.92 Å². The second kappa shape index (κ2) is 18.1. The predicted molar refractivity (Wildman–Crippen MR) is 207 cm³/mol. The molecular weight excluding hydrogens is 777 g/mol. The van der Waals surface area contributed by atoms with Gasteiger partial charge in [0.25, 0.3) is 0 Å². The summed E-state index contributed by atoms with van der Waals surface area (Å²) in [7, 11) is 0. The molecule has 0 spiro atoms. The summed E-state index contributed by atoms with van der Waals surface area (Å²) in [6, 6.07) is 2.53. The van der Waals surface area contributed by atoms with Crippen LogP contribution < -0.4 is 21.3 Å². The SMILES string of the molecule is Cc1cccc(C[C@H](NC(=O)Nc2ccc(Cl)cc2F)C(=O)N[C@H]2COC(=O)[C@@H]3C[C@@H](C)CN3C(=O)[C@H](C)NC(=O)[C@@H]3CCCCN3C(=O)[C@@H]3C[C@@H](O)CN3C2=O)c1. The number of hydrogen-bond acceptors (Lipinski definition) is 9. The Kier molecular flexibility index (Phi) is 13.2. The zero-order valence-electron chi connectivity index (χ0n) is 32.5. The largest absolute Gasteiger partial charge is 0.461 e. The van der Waals surface area contributed by atoms with Crippen LogP contribution >= 0.6 is 11.6 Å². The van der Waals surface area contributed by atoms with Crippen LogP contribution in [0.4, 0.5) is 14.9 Å². The van der Waals surface area contributed by atoms with Crippen LogP contribution in [0.25, 0.3) is 0 Å². The minimum atomic E-state index is -1.63. The van der Waals surface area contributed by atoms with Crippen molar-refractivity contribution in [3.8, 4) is 0 Å². The molecule has 4 aliphatic heterocycles. The van der Waals surface area contributed by atoms with Crippen LogP contribution in [0, 0.1) is 18.7 Å². The summed E-state index contributed by atoms with van der Waals surface area (Å²) in [4.78, 5) is 101. The number of aliphatic hydroxyl groups excluding tert-OH is 1. The Morgan fingerprint density at radius 2 is 1.71 bits per heavy atom. The summed E-state index contributed by atoms with van der Waals surface area (Å²) >= 11 is 5.86. The molecule has 4 aliphatic rings. The maximum Gasteiger partial charge on any atom is 0.328 e. The number of carbonyl (C=O) groups is 7. The summed E-state index contributed by atoms with van der Waals surface area (Å²) < 4.78 is 20.3. The van der Waals surface area contributed by atoms with Crippen molar-refractivity contribution < 1.29 is 47.8 Å². The molecule has 18 heteroatoms. The van der Waals surface area contributed by atoms with E-state index < -0.39 is 96.3 Å². The summed E-state index contributed by atoms with van der Waals surface area (Å²) in [6.45, 7) is 4.60. The standard InChI is InChI=1S/C40H49ClFN7O9/c1-21-7-6-8-24(13-21)15-29(46-40(57)45-28-11-10-25(41)16-27(28)42)34(51)44-30-20-58-39(56)33-14-22(2)18-48(33)36(53)23(3)43-35(52)31-9-4-5-12-47(31)38(55)32-17-26(50)19-49(32)37(30)54/h6-8,10-11,13,16,22-23,26,29-33,50H,4-5,9,12,14-15,17-20H2,1-3H3,(H,43,52)(H,44,51)(H2,45,46,57)/t22-,23+,26-,29+,30+,31+,32+,33+/m1/s1. The van der Waals surface area contributed by atoms with Gasteiger partial charge in [0, 0.05) is 37.5 Å². The van der Waals surface area contributed by atoms with E-state index >= 15 is 0 Å². The Morgan fingerprint density at radius 3 is 2.45 bits per heavy atom. The zero-order chi connectivity index (χ0) is 41.8. The number of cyclic esters (lactones) is 1. The van der Waals surface area contributed by atoms with Gasteiger partial charge in [-0.05, 0) is 69.2 Å². The lowest BCUT2D eigenvalue weighted by Crippen LogP contribution is -2.62. The van der Waals surface area contributed by atoms with Gasteiger partial charge in [-0.1, -0.05) is 48.4 Å². The minimum Gasteiger partial charge on any atom is -0.461 e. The highest BCUT2D eigenvalue weighted by Gasteiger charge is 2.47. The van der Waals surface area contributed by atoms with E-state index in [1.165, 1.54) is 28.9 Å². The van der Waals surface area contributed by atoms with Crippen LogP contribution in [-0.4, -0.2) is 130 Å². The van der Waals surface area contributed by atoms with E-state index in [9.17, 15) is 43.1 Å². The number of ether oxygens (including phenoxy) is 1. The van der Waals surface area contributed by atoms with Crippen LogP contribution in [0.5, 0.6) is 0 Å². The molecule has 8 atom stereocenters. The Labute approximate surface area is 340 Å². The number of amides is 7. The molecule has 0 bridgehead atoms. The monoisotopic (exact) mass is 825 g/mol. The first-order chi connectivity index (χ1) is 27.6. The van der Waals surface area contributed by atoms with Gasteiger partial charge in [-0.3, -0.25) is 24.0 Å². The van der Waals surface area contributed by atoms with Gasteiger partial charge in [0.2, 0.25) is 29.5 Å². The Morgan fingerprint density at radius 1 is 0.948 bits per heavy atom. The number of urea groups is 1. The van der Waals surface area contributed by atoms with E-state index in [2.05, 4.69) is 21.3 Å². The van der Waals surface area contributed by atoms with Crippen LogP contribution in [0.3, 0.4) is 0 Å². The lowest BCUT2D eigenvalue weighted by molar-refractivity contribution is -0.158. The molecule has 4 saturated heterocycles. The Hall–Kier alpha value is -5.29. The van der Waals surface area contributed by atoms with E-state index in [1.807, 2.05) is 19.9 Å². The number of aliphatic hydroxyl groups is 1. The van der Waals surface area contributed by atoms with Crippen molar-refractivity contribution in [1.82, 2.24) is 30.7 Å². The molecule has 4 fully saturated rings. The molecule has 2 aromatic rings. The predicted octanol–water partition coefficient (Wildman–Crippen LogP) is 1.65. The van der Waals surface area contributed by atoms with E-state index in [0.717, 1.165) is 16.5 Å². The average molecular weight is 826 g/mol. The van der Waals surface area contributed by atoms with Gasteiger partial charge in [-0.2, -0.15) is 0 Å². The zero-order valence-corrected chi connectivity index (χ0v) is 33.3. The molecule has 0 radical (unpaired) electrons. The van der Waals surface area contributed by atoms with Gasteiger partial charge in [-0.25, -0.2) is 14.0 Å². The highest BCUT2D eigenvalue weighted by molar-refractivity contribution is 6.30. The first kappa shape index (κ1) is 42.3. The third kappa shape index (κ3) is 9.69. The number of rotatable bonds is 6. The van der Waals surface area contributed by atoms with Gasteiger partial charge in [-0.15, -0.1) is 0 Å². The van der Waals surface area contributed by atoms with Gasteiger partial charge in [0.05, 0.1) is 11.8 Å². The molecule has 7 amide bonds. The molecule has 4 heterocycles. The molecule has 5 N–H and O–H groups in total. The number of esters is 1. The summed E-state index contributed by atoms with van der Waals surface area (Å²) in [5.41, 5.74) is 1.29. The molecule has 0 saturated carbocycles. The third-order valence-electron chi connectivity index (χ3n) is 11.1. The van der Waals surface area contributed by atoms with E-state index in [0.29, 0.717) is 24.8 Å². The maximum absolute atomic E-state index is 14.6. The molecule has 58 heavy (non-hydrogen) atoms. The number of aryl methyl sites for hydroxylation is 1. The number of halogens is 2. The van der Waals surface area contributed by atoms with E-state index in [-0.39, 0.29) is 55.5 Å². The first-order valence-electron chi connectivity index (χ1n) is 19.5. The van der Waals surface area contributed by atoms with Crippen LogP contribution in [0.15, 0.2) is 42.5 Å². The molecule has 16 nitrogen and oxygen atoms in total. The van der Waals surface area contributed by atoms with E-state index in [4.69, 9.17) is 16.3 Å². The van der Waals surface area contributed by atoms with Crippen molar-refractivity contribution in [2.45, 2.75) is 102 Å². The average Bonchev–Trinajstić information content (AvgIpc) is 3.78. The van der Waals surface area contributed by atoms with Crippen molar-refractivity contribution in [1.29, 1.82) is 0 Å². The fourth-order valence-corrected chi connectivity index (χ4v) is 8.34. The second-order valence-corrected chi connectivity index (χ2v) is 16.1. The number of hydrogen-bond donors (Lipinski definition) is 5. The van der Waals surface area contributed by atoms with Crippen molar-refractivity contribution in [3.05, 3.63) is 64.4 Å². The minimum absolute atomic E-state index is 0.0814. The van der Waals surface area contributed by atoms with Gasteiger partial charge in [0.15, 0.2) is 0 Å². The normalized spacial score (nSPS) is 27.5. The van der Waals surface area contributed by atoms with Crippen LogP contribution in [0.1, 0.15) is 57.1 Å². The summed E-state index contributed by atoms with van der Waals surface area (Å²) in [5.74, 6) is -5.17. The quantitative estimate of drug-likeness (QED) is 0.268. The van der Waals surface area contributed by atoms with Crippen LogP contribution in [-0.2, 0) is 39.9 Å². The van der Waals surface area contributed by atoms with Crippen molar-refractivity contribution in [2.75, 3.05) is 31.6 Å². The maximum atomic E-state index is 14.6. The van der Waals surface area contributed by atoms with Gasteiger partial charge in [0.1, 0.15) is 48.7 Å². The Bertz CT molecular complexity index is 1950. The molecular formula is C40H49ClFN7O9. The number of benzene rings is 2. The molecule has 2 aromatic carbocycles. The smallest absolute Gasteiger partial charge is 0.328 e. The van der Waals surface area contributed by atoms with Crippen LogP contribution in [0.2, 0.25) is 5.02 Å². The Balaban J connectivity index is 1.32. The molecule has 312 valence electrons. The fourth-order valence-electron chi connectivity index (χ4n) is 8.18. The van der Waals surface area contributed by atoms with Gasteiger partial charge < -0.3 is 45.8 Å². The molecule has 6 rings (SSSR count). The molecule has 0 aliphatic carbocycles. The number of carbonyl (C=O) groups excluding carboxylic acids is 7. The summed E-state index contributed by atoms with van der Waals surface area (Å²) in [5, 5.41) is 21.2. The number of anilines is 1. The van der Waals surface area contributed by atoms with Gasteiger partial charge >= 0.3 is 12.0 Å². The van der Waals surface area contributed by atoms with Crippen molar-refractivity contribution in [3.63, 3.8) is 0 Å². The first-order valence-corrected chi connectivity index (χ1v) is 19.9. The number of nitrogens with zero attached hydrogens (tertiary/aromatic N) is 3. The third-order valence-corrected chi connectivity index (χ3v) is 11.3. The molecule has 0 unspecified atom stereocenters. The highest BCUT2D eigenvalue weighted by Crippen LogP contribution is 2.28. The number of nitrogens with one attached hydrogen (secondary N) is 4. The molecule has 0 aromatic heterocycles. The summed E-state index contributed by atoms with van der Waals surface area (Å²) in [6.07, 6.45) is 0.408. The highest BCUT2D eigenvalue weighted by atomic mass is 35.5. The fraction of sp³-hybridized carbons (Fsp3) is 0.525. The number of fused-ring (bicyclic) bond motifs is 3. The lowest BCUT2D eigenvalue weighted by Gasteiger charge is -2.39. The number of piperidine rings is 1. The lowest BCUT2D eigenvalue weighted by atomic mass is 9.99.